The zero-order valence-corrected chi connectivity index (χ0v) is 22.4. The fourth-order valence-electron chi connectivity index (χ4n) is 4.63. The highest BCUT2D eigenvalue weighted by molar-refractivity contribution is 8.00. The Bertz CT molecular complexity index is 1820. The van der Waals surface area contributed by atoms with E-state index < -0.39 is 29.3 Å². The highest BCUT2D eigenvalue weighted by Gasteiger charge is 2.49. The summed E-state index contributed by atoms with van der Waals surface area (Å²) in [5.74, 6) is -2.94. The van der Waals surface area contributed by atoms with Crippen molar-refractivity contribution in [1.29, 1.82) is 0 Å². The summed E-state index contributed by atoms with van der Waals surface area (Å²) in [6.45, 7) is 1.67. The van der Waals surface area contributed by atoms with Crippen molar-refractivity contribution >= 4 is 51.3 Å². The minimum Gasteiger partial charge on any atom is -0.505 e. The van der Waals surface area contributed by atoms with Crippen LogP contribution in [0.4, 0.5) is 13.9 Å². The molecule has 1 aliphatic heterocycles. The van der Waals surface area contributed by atoms with E-state index in [4.69, 9.17) is 0 Å². The predicted octanol–water partition coefficient (Wildman–Crippen LogP) is 5.69. The fourth-order valence-corrected chi connectivity index (χ4v) is 6.45. The normalized spacial score (nSPS) is 16.8. The Morgan fingerprint density at radius 1 is 1.02 bits per heavy atom. The first-order valence-corrected chi connectivity index (χ1v) is 13.8. The van der Waals surface area contributed by atoms with E-state index in [1.165, 1.54) is 42.1 Å². The summed E-state index contributed by atoms with van der Waals surface area (Å²) in [6, 6.07) is 15.8. The number of pyridine rings is 1. The average molecular weight is 576 g/mol. The number of fused-ring (bicyclic) bond motifs is 1. The number of ketones is 1. The number of Topliss-reactive ketones (excluding diaryl/α,β-unsaturated/α-hetero) is 1. The molecule has 5 aromatic rings. The molecule has 6 rings (SSSR count). The Morgan fingerprint density at radius 3 is 2.55 bits per heavy atom. The minimum atomic E-state index is -1.29. The zero-order valence-electron chi connectivity index (χ0n) is 20.8. The van der Waals surface area contributed by atoms with Gasteiger partial charge in [-0.2, -0.15) is 0 Å². The van der Waals surface area contributed by atoms with Crippen molar-refractivity contribution in [2.45, 2.75) is 23.1 Å². The molecule has 0 radical (unpaired) electrons. The van der Waals surface area contributed by atoms with Crippen LogP contribution in [0.3, 0.4) is 0 Å². The molecule has 1 fully saturated rings. The van der Waals surface area contributed by atoms with E-state index in [-0.39, 0.29) is 27.8 Å². The van der Waals surface area contributed by atoms with Crippen LogP contribution in [0.2, 0.25) is 0 Å². The number of imidazole rings is 1. The summed E-state index contributed by atoms with van der Waals surface area (Å²) in [5.41, 5.74) is 1.79. The van der Waals surface area contributed by atoms with Gasteiger partial charge in [-0.1, -0.05) is 59.5 Å². The van der Waals surface area contributed by atoms with Crippen LogP contribution in [-0.2, 0) is 15.3 Å². The first-order valence-electron chi connectivity index (χ1n) is 12.0. The van der Waals surface area contributed by atoms with Crippen LogP contribution >= 0.6 is 23.1 Å². The molecule has 3 aromatic heterocycles. The summed E-state index contributed by atoms with van der Waals surface area (Å²) in [4.78, 5) is 32.4. The molecule has 40 heavy (non-hydrogen) atoms. The number of thioether (sulfide) groups is 1. The summed E-state index contributed by atoms with van der Waals surface area (Å²) < 4.78 is 30.5. The number of hydrogen-bond acceptors (Lipinski definition) is 8. The molecule has 1 saturated heterocycles. The molecular formula is C28H19F2N5O3S2. The number of aliphatic hydroxyl groups is 1. The molecule has 1 amide bonds. The van der Waals surface area contributed by atoms with E-state index in [2.05, 4.69) is 15.2 Å². The number of aliphatic hydroxyl groups excluding tert-OH is 1. The van der Waals surface area contributed by atoms with Crippen molar-refractivity contribution in [3.63, 3.8) is 0 Å². The van der Waals surface area contributed by atoms with Gasteiger partial charge in [0.25, 0.3) is 5.78 Å². The lowest BCUT2D eigenvalue weighted by Gasteiger charge is -2.22. The van der Waals surface area contributed by atoms with Gasteiger partial charge in [-0.05, 0) is 42.8 Å². The first kappa shape index (κ1) is 25.8. The number of halogens is 2. The van der Waals surface area contributed by atoms with Gasteiger partial charge in [-0.3, -0.25) is 18.9 Å². The van der Waals surface area contributed by atoms with Crippen LogP contribution in [0, 0.1) is 18.6 Å². The maximum Gasteiger partial charge on any atom is 0.301 e. The standard InChI is InChI=1S/C28H19F2N5O3S2/c1-15-22(34-13-5-4-8-20(34)31-15)24(36)21-23(18-6-2-3-7-19(18)30)35(26(38)25(21)37)27-32-33-28(40-27)39-14-16-9-11-17(29)12-10-16/h2-13,23,36H,14H2,1H3/b24-21+. The van der Waals surface area contributed by atoms with Crippen molar-refractivity contribution in [2.24, 2.45) is 0 Å². The highest BCUT2D eigenvalue weighted by atomic mass is 32.2. The van der Waals surface area contributed by atoms with Crippen molar-refractivity contribution in [3.8, 4) is 0 Å². The van der Waals surface area contributed by atoms with Crippen LogP contribution in [0.25, 0.3) is 11.4 Å². The molecule has 1 N–H and O–H groups in total. The monoisotopic (exact) mass is 575 g/mol. The van der Waals surface area contributed by atoms with Gasteiger partial charge < -0.3 is 5.11 Å². The third-order valence-electron chi connectivity index (χ3n) is 6.45. The molecule has 1 atom stereocenters. The number of nitrogens with zero attached hydrogens (tertiary/aromatic N) is 5. The van der Waals surface area contributed by atoms with E-state index >= 15 is 4.39 Å². The molecule has 200 valence electrons. The van der Waals surface area contributed by atoms with Gasteiger partial charge in [0.05, 0.1) is 11.3 Å². The molecule has 8 nitrogen and oxygen atoms in total. The number of benzene rings is 2. The lowest BCUT2D eigenvalue weighted by Crippen LogP contribution is -2.29. The van der Waals surface area contributed by atoms with Crippen LogP contribution < -0.4 is 4.90 Å². The molecular weight excluding hydrogens is 556 g/mol. The summed E-state index contributed by atoms with van der Waals surface area (Å²) in [6.07, 6.45) is 1.67. The van der Waals surface area contributed by atoms with Crippen LogP contribution in [-0.4, -0.2) is 36.4 Å². The van der Waals surface area contributed by atoms with Crippen LogP contribution in [0.5, 0.6) is 0 Å². The van der Waals surface area contributed by atoms with Gasteiger partial charge in [-0.25, -0.2) is 13.8 Å². The lowest BCUT2D eigenvalue weighted by molar-refractivity contribution is -0.132. The molecule has 0 saturated carbocycles. The fraction of sp³-hybridized carbons (Fsp3) is 0.107. The van der Waals surface area contributed by atoms with Gasteiger partial charge in [0.2, 0.25) is 5.13 Å². The second-order valence-electron chi connectivity index (χ2n) is 8.93. The SMILES string of the molecule is Cc1nc2ccccn2c1/C(O)=C1\C(=O)C(=O)N(c2nnc(SCc3ccc(F)cc3)s2)C1c1ccccc1F. The highest BCUT2D eigenvalue weighted by Crippen LogP contribution is 2.45. The number of amides is 1. The van der Waals surface area contributed by atoms with Gasteiger partial charge in [-0.15, -0.1) is 10.2 Å². The Morgan fingerprint density at radius 2 is 1.77 bits per heavy atom. The molecule has 0 bridgehead atoms. The van der Waals surface area contributed by atoms with E-state index in [1.807, 2.05) is 0 Å². The third kappa shape index (κ3) is 4.44. The first-order chi connectivity index (χ1) is 19.3. The van der Waals surface area contributed by atoms with E-state index in [9.17, 15) is 19.1 Å². The zero-order chi connectivity index (χ0) is 28.0. The Labute approximate surface area is 234 Å². The molecule has 2 aromatic carbocycles. The van der Waals surface area contributed by atoms with Crippen molar-refractivity contribution in [3.05, 3.63) is 113 Å². The average Bonchev–Trinajstić information content (AvgIpc) is 3.62. The quantitative estimate of drug-likeness (QED) is 0.0913. The topological polar surface area (TPSA) is 101 Å². The largest absolute Gasteiger partial charge is 0.505 e. The minimum absolute atomic E-state index is 0.0189. The molecule has 4 heterocycles. The van der Waals surface area contributed by atoms with Gasteiger partial charge in [0.1, 0.15) is 29.0 Å². The van der Waals surface area contributed by atoms with Gasteiger partial charge >= 0.3 is 5.91 Å². The number of hydrogen-bond donors (Lipinski definition) is 1. The van der Waals surface area contributed by atoms with E-state index in [1.54, 1.807) is 53.9 Å². The maximum atomic E-state index is 15.2. The van der Waals surface area contributed by atoms with Crippen molar-refractivity contribution in [1.82, 2.24) is 19.6 Å². The Hall–Kier alpha value is -4.42. The van der Waals surface area contributed by atoms with Crippen molar-refractivity contribution < 1.29 is 23.5 Å². The molecule has 1 aliphatic rings. The smallest absolute Gasteiger partial charge is 0.301 e. The Kier molecular flexibility index (Phi) is 6.64. The van der Waals surface area contributed by atoms with E-state index in [0.29, 0.717) is 21.4 Å². The second-order valence-corrected chi connectivity index (χ2v) is 11.1. The summed E-state index contributed by atoms with van der Waals surface area (Å²) in [7, 11) is 0. The summed E-state index contributed by atoms with van der Waals surface area (Å²) in [5, 5.41) is 19.9. The maximum absolute atomic E-state index is 15.2. The number of carbonyl (C=O) groups excluding carboxylic acids is 2. The Balaban J connectivity index is 1.44. The van der Waals surface area contributed by atoms with Crippen LogP contribution in [0.15, 0.2) is 82.8 Å². The second kappa shape index (κ2) is 10.3. The predicted molar refractivity (Wildman–Crippen MR) is 147 cm³/mol. The number of aryl methyl sites for hydroxylation is 1. The third-order valence-corrected chi connectivity index (χ3v) is 8.58. The van der Waals surface area contributed by atoms with Gasteiger partial charge in [0.15, 0.2) is 10.1 Å². The number of aromatic nitrogens is 4. The van der Waals surface area contributed by atoms with Crippen LogP contribution in [0.1, 0.15) is 28.6 Å². The molecule has 12 heteroatoms. The number of rotatable bonds is 6. The number of anilines is 1. The molecule has 0 spiro atoms. The van der Waals surface area contributed by atoms with Gasteiger partial charge in [0, 0.05) is 17.5 Å². The summed E-state index contributed by atoms with van der Waals surface area (Å²) >= 11 is 2.38. The van der Waals surface area contributed by atoms with Crippen molar-refractivity contribution in [2.75, 3.05) is 4.90 Å². The molecule has 1 unspecified atom stereocenters. The van der Waals surface area contributed by atoms with E-state index in [0.717, 1.165) is 21.8 Å². The molecule has 0 aliphatic carbocycles. The number of carbonyl (C=O) groups is 2. The lowest BCUT2D eigenvalue weighted by atomic mass is 9.96.